The smallest absolute Gasteiger partial charge is 0.264 e. The summed E-state index contributed by atoms with van der Waals surface area (Å²) in [5.41, 5.74) is 1.18. The Morgan fingerprint density at radius 2 is 1.86 bits per heavy atom. The third-order valence-corrected chi connectivity index (χ3v) is 6.04. The zero-order valence-corrected chi connectivity index (χ0v) is 17.0. The van der Waals surface area contributed by atoms with E-state index >= 15 is 0 Å². The minimum atomic E-state index is -0.354. The number of aromatic nitrogens is 2. The molecule has 0 spiro atoms. The van der Waals surface area contributed by atoms with Gasteiger partial charge in [0.1, 0.15) is 10.8 Å². The summed E-state index contributed by atoms with van der Waals surface area (Å²) in [6, 6.07) is 11.2. The van der Waals surface area contributed by atoms with Crippen molar-refractivity contribution < 1.29 is 9.18 Å². The van der Waals surface area contributed by atoms with Crippen LogP contribution < -0.4 is 5.32 Å². The van der Waals surface area contributed by atoms with Gasteiger partial charge >= 0.3 is 0 Å². The summed E-state index contributed by atoms with van der Waals surface area (Å²) >= 11 is 14.6. The average Bonchev–Trinajstić information content (AvgIpc) is 3.25. The number of thioether (sulfide) groups is 1. The van der Waals surface area contributed by atoms with E-state index in [9.17, 15) is 9.18 Å². The number of nitrogens with zero attached hydrogens (tertiary/aromatic N) is 3. The monoisotopic (exact) mass is 450 g/mol. The first kappa shape index (κ1) is 19.1. The summed E-state index contributed by atoms with van der Waals surface area (Å²) in [7, 11) is 0. The van der Waals surface area contributed by atoms with Crippen LogP contribution in [-0.4, -0.2) is 21.3 Å². The maximum Gasteiger partial charge on any atom is 0.264 e. The Kier molecular flexibility index (Phi) is 5.45. The first-order valence-corrected chi connectivity index (χ1v) is 10.2. The SMILES string of the molecule is O=C1NC(=Nc2nnc(-c3cccc(F)c3)s2)SC1=Cc1c(Cl)cccc1Cl. The molecule has 1 aliphatic heterocycles. The van der Waals surface area contributed by atoms with Crippen LogP contribution in [0.4, 0.5) is 9.52 Å². The van der Waals surface area contributed by atoms with E-state index in [0.29, 0.717) is 41.4 Å². The molecule has 0 aliphatic carbocycles. The number of carbonyl (C=O) groups excluding carboxylic acids is 1. The second kappa shape index (κ2) is 8.00. The normalized spacial score (nSPS) is 16.8. The molecule has 2 aromatic carbocycles. The molecule has 28 heavy (non-hydrogen) atoms. The quantitative estimate of drug-likeness (QED) is 0.531. The van der Waals surface area contributed by atoms with Crippen LogP contribution >= 0.6 is 46.3 Å². The first-order valence-electron chi connectivity index (χ1n) is 7.82. The summed E-state index contributed by atoms with van der Waals surface area (Å²) in [6.07, 6.45) is 1.62. The van der Waals surface area contributed by atoms with Gasteiger partial charge in [-0.3, -0.25) is 4.79 Å². The topological polar surface area (TPSA) is 67.2 Å². The van der Waals surface area contributed by atoms with E-state index in [4.69, 9.17) is 23.2 Å². The van der Waals surface area contributed by atoms with Crippen LogP contribution in [0.25, 0.3) is 16.6 Å². The van der Waals surface area contributed by atoms with Crippen molar-refractivity contribution in [3.05, 3.63) is 68.8 Å². The number of hydrogen-bond donors (Lipinski definition) is 1. The zero-order valence-electron chi connectivity index (χ0n) is 13.8. The van der Waals surface area contributed by atoms with Crippen molar-refractivity contribution in [3.8, 4) is 10.6 Å². The van der Waals surface area contributed by atoms with Crippen LogP contribution in [0.15, 0.2) is 52.4 Å². The molecular formula is C18H9Cl2FN4OS2. The molecular weight excluding hydrogens is 442 g/mol. The number of amides is 1. The maximum absolute atomic E-state index is 13.4. The first-order chi connectivity index (χ1) is 13.5. The van der Waals surface area contributed by atoms with Gasteiger partial charge in [0.05, 0.1) is 4.91 Å². The Labute approximate surface area is 177 Å². The van der Waals surface area contributed by atoms with Gasteiger partial charge in [0.25, 0.3) is 5.91 Å². The van der Waals surface area contributed by atoms with E-state index in [1.807, 2.05) is 0 Å². The lowest BCUT2D eigenvalue weighted by molar-refractivity contribution is -0.115. The minimum Gasteiger partial charge on any atom is -0.300 e. The molecule has 140 valence electrons. The van der Waals surface area contributed by atoms with Crippen molar-refractivity contribution in [2.75, 3.05) is 0 Å². The number of hydrogen-bond acceptors (Lipinski definition) is 6. The van der Waals surface area contributed by atoms with Crippen molar-refractivity contribution in [3.63, 3.8) is 0 Å². The molecule has 4 rings (SSSR count). The summed E-state index contributed by atoms with van der Waals surface area (Å²) in [6.45, 7) is 0. The van der Waals surface area contributed by atoms with Gasteiger partial charge in [-0.1, -0.05) is 52.7 Å². The van der Waals surface area contributed by atoms with Gasteiger partial charge < -0.3 is 5.32 Å². The van der Waals surface area contributed by atoms with E-state index in [1.165, 1.54) is 23.5 Å². The predicted molar refractivity (Wildman–Crippen MR) is 113 cm³/mol. The molecule has 1 fully saturated rings. The van der Waals surface area contributed by atoms with Crippen molar-refractivity contribution in [2.45, 2.75) is 0 Å². The van der Waals surface area contributed by atoms with Crippen LogP contribution in [0.5, 0.6) is 0 Å². The van der Waals surface area contributed by atoms with Gasteiger partial charge in [0.15, 0.2) is 5.17 Å². The van der Waals surface area contributed by atoms with Gasteiger partial charge in [-0.15, -0.1) is 10.2 Å². The summed E-state index contributed by atoms with van der Waals surface area (Å²) in [5, 5.41) is 12.8. The van der Waals surface area contributed by atoms with Crippen molar-refractivity contribution in [1.82, 2.24) is 15.5 Å². The number of nitrogens with one attached hydrogen (secondary N) is 1. The third-order valence-electron chi connectivity index (χ3n) is 3.61. The Bertz CT molecular complexity index is 1130. The highest BCUT2D eigenvalue weighted by Gasteiger charge is 2.25. The highest BCUT2D eigenvalue weighted by molar-refractivity contribution is 8.18. The second-order valence-corrected chi connectivity index (χ2v) is 8.32. The molecule has 1 amide bonds. The average molecular weight is 451 g/mol. The summed E-state index contributed by atoms with van der Waals surface area (Å²) < 4.78 is 13.4. The fourth-order valence-corrected chi connectivity index (χ4v) is 4.43. The van der Waals surface area contributed by atoms with Crippen molar-refractivity contribution in [2.24, 2.45) is 4.99 Å². The van der Waals surface area contributed by atoms with E-state index in [-0.39, 0.29) is 11.7 Å². The molecule has 10 heteroatoms. The fourth-order valence-electron chi connectivity index (χ4n) is 2.35. The van der Waals surface area contributed by atoms with Crippen molar-refractivity contribution in [1.29, 1.82) is 0 Å². The van der Waals surface area contributed by atoms with Crippen LogP contribution in [0.3, 0.4) is 0 Å². The van der Waals surface area contributed by atoms with E-state index < -0.39 is 0 Å². The second-order valence-electron chi connectivity index (χ2n) is 5.52. The van der Waals surface area contributed by atoms with Gasteiger partial charge in [-0.2, -0.15) is 4.99 Å². The molecule has 1 aliphatic rings. The van der Waals surface area contributed by atoms with E-state index in [0.717, 1.165) is 11.8 Å². The number of carbonyl (C=O) groups is 1. The molecule has 3 aromatic rings. The Morgan fingerprint density at radius 1 is 1.11 bits per heavy atom. The van der Waals surface area contributed by atoms with Crippen LogP contribution in [0.2, 0.25) is 10.0 Å². The summed E-state index contributed by atoms with van der Waals surface area (Å²) in [5.74, 6) is -0.665. The van der Waals surface area contributed by atoms with Crippen LogP contribution in [0.1, 0.15) is 5.56 Å². The standard InChI is InChI=1S/C18H9Cl2FN4OS2/c19-12-5-2-6-13(20)11(12)8-14-15(26)22-17(27-14)23-18-25-24-16(28-18)9-3-1-4-10(21)7-9/h1-8H,(H,22,23,25,26). The Hall–Kier alpha value is -2.26. The lowest BCUT2D eigenvalue weighted by Crippen LogP contribution is -2.19. The van der Waals surface area contributed by atoms with Gasteiger partial charge in [0.2, 0.25) is 5.13 Å². The highest BCUT2D eigenvalue weighted by atomic mass is 35.5. The van der Waals surface area contributed by atoms with Crippen LogP contribution in [-0.2, 0) is 4.79 Å². The molecule has 0 bridgehead atoms. The zero-order chi connectivity index (χ0) is 19.7. The number of halogens is 3. The largest absolute Gasteiger partial charge is 0.300 e. The maximum atomic E-state index is 13.4. The Morgan fingerprint density at radius 3 is 2.61 bits per heavy atom. The molecule has 0 unspecified atom stereocenters. The van der Waals surface area contributed by atoms with Gasteiger partial charge in [0, 0.05) is 21.2 Å². The Balaban J connectivity index is 1.58. The number of benzene rings is 2. The predicted octanol–water partition coefficient (Wildman–Crippen LogP) is 5.54. The highest BCUT2D eigenvalue weighted by Crippen LogP contribution is 2.34. The lowest BCUT2D eigenvalue weighted by Gasteiger charge is -2.01. The molecule has 0 atom stereocenters. The van der Waals surface area contributed by atoms with Gasteiger partial charge in [-0.25, -0.2) is 4.39 Å². The van der Waals surface area contributed by atoms with E-state index in [2.05, 4.69) is 20.5 Å². The third kappa shape index (κ3) is 4.10. The molecule has 0 radical (unpaired) electrons. The minimum absolute atomic E-state index is 0.311. The van der Waals surface area contributed by atoms with Crippen LogP contribution in [0, 0.1) is 5.82 Å². The molecule has 1 aromatic heterocycles. The molecule has 1 N–H and O–H groups in total. The molecule has 0 saturated carbocycles. The fraction of sp³-hybridized carbons (Fsp3) is 0. The number of amidine groups is 1. The summed E-state index contributed by atoms with van der Waals surface area (Å²) in [4.78, 5) is 16.9. The van der Waals surface area contributed by atoms with Gasteiger partial charge in [-0.05, 0) is 42.1 Å². The lowest BCUT2D eigenvalue weighted by atomic mass is 10.2. The molecule has 2 heterocycles. The number of rotatable bonds is 3. The number of aliphatic imine (C=N–C) groups is 1. The molecule has 5 nitrogen and oxygen atoms in total. The van der Waals surface area contributed by atoms with E-state index in [1.54, 1.807) is 36.4 Å². The van der Waals surface area contributed by atoms with Crippen molar-refractivity contribution >= 4 is 68.6 Å². The molecule has 1 saturated heterocycles.